The summed E-state index contributed by atoms with van der Waals surface area (Å²) in [6.45, 7) is 1.41. The first-order valence-electron chi connectivity index (χ1n) is 10.6. The van der Waals surface area contributed by atoms with Gasteiger partial charge in [0.1, 0.15) is 24.7 Å². The van der Waals surface area contributed by atoms with Crippen molar-refractivity contribution in [2.24, 2.45) is 0 Å². The molecular formula is C24H22BrFN2O4S. The minimum Gasteiger partial charge on any atom is -0.488 e. The Bertz CT molecular complexity index is 1100. The molecule has 2 saturated heterocycles. The van der Waals surface area contributed by atoms with Crippen molar-refractivity contribution in [3.63, 3.8) is 0 Å². The normalized spacial score (nSPS) is 17.7. The van der Waals surface area contributed by atoms with Crippen LogP contribution in [0.2, 0.25) is 0 Å². The van der Waals surface area contributed by atoms with Gasteiger partial charge >= 0.3 is 0 Å². The lowest BCUT2D eigenvalue weighted by Crippen LogP contribution is -2.44. The Balaban J connectivity index is 1.40. The summed E-state index contributed by atoms with van der Waals surface area (Å²) in [5.41, 5.74) is 1.55. The number of thioether (sulfide) groups is 1. The maximum Gasteiger partial charge on any atom is 0.294 e. The van der Waals surface area contributed by atoms with Crippen molar-refractivity contribution in [1.82, 2.24) is 9.80 Å². The van der Waals surface area contributed by atoms with Gasteiger partial charge in [-0.15, -0.1) is 0 Å². The van der Waals surface area contributed by atoms with Gasteiger partial charge in [-0.2, -0.15) is 0 Å². The minimum absolute atomic E-state index is 0.191. The van der Waals surface area contributed by atoms with E-state index in [1.165, 1.54) is 12.1 Å². The number of carbonyl (C=O) groups is 3. The second-order valence-corrected chi connectivity index (χ2v) is 9.66. The van der Waals surface area contributed by atoms with Crippen LogP contribution in [0.4, 0.5) is 9.18 Å². The van der Waals surface area contributed by atoms with E-state index in [1.807, 2.05) is 0 Å². The van der Waals surface area contributed by atoms with Crippen LogP contribution in [-0.2, 0) is 16.2 Å². The van der Waals surface area contributed by atoms with Gasteiger partial charge in [0.05, 0.1) is 9.38 Å². The lowest BCUT2D eigenvalue weighted by molar-refractivity contribution is -0.136. The molecule has 9 heteroatoms. The van der Waals surface area contributed by atoms with Crippen molar-refractivity contribution in [1.29, 1.82) is 0 Å². The minimum atomic E-state index is -0.455. The number of ether oxygens (including phenoxy) is 1. The number of hydrogen-bond donors (Lipinski definition) is 0. The topological polar surface area (TPSA) is 66.9 Å². The van der Waals surface area contributed by atoms with Crippen LogP contribution in [-0.4, -0.2) is 46.5 Å². The summed E-state index contributed by atoms with van der Waals surface area (Å²) >= 11 is 4.30. The van der Waals surface area contributed by atoms with Crippen molar-refractivity contribution in [3.05, 3.63) is 68.8 Å². The number of carbonyl (C=O) groups excluding carboxylic acids is 3. The molecule has 2 heterocycles. The van der Waals surface area contributed by atoms with Crippen LogP contribution < -0.4 is 4.74 Å². The Kier molecular flexibility index (Phi) is 7.49. The number of rotatable bonds is 6. The summed E-state index contributed by atoms with van der Waals surface area (Å²) in [5, 5.41) is -0.435. The molecule has 2 aromatic rings. The molecule has 3 amide bonds. The number of piperidine rings is 1. The maximum atomic E-state index is 13.0. The quantitative estimate of drug-likeness (QED) is 0.477. The third-order valence-electron chi connectivity index (χ3n) is 5.44. The molecule has 2 fully saturated rings. The molecule has 0 aromatic heterocycles. The van der Waals surface area contributed by atoms with E-state index in [0.29, 0.717) is 28.9 Å². The fourth-order valence-corrected chi connectivity index (χ4v) is 4.98. The van der Waals surface area contributed by atoms with Gasteiger partial charge in [0.15, 0.2) is 0 Å². The van der Waals surface area contributed by atoms with Crippen molar-refractivity contribution >= 4 is 50.8 Å². The average molecular weight is 533 g/mol. The van der Waals surface area contributed by atoms with Crippen LogP contribution in [0, 0.1) is 5.82 Å². The molecule has 2 aliphatic rings. The molecular weight excluding hydrogens is 511 g/mol. The molecule has 0 N–H and O–H groups in total. The molecule has 2 aliphatic heterocycles. The van der Waals surface area contributed by atoms with Crippen LogP contribution in [0.3, 0.4) is 0 Å². The SMILES string of the molecule is O=C(CN1C(=O)S/C(=C\c2ccc(OCc3ccc(F)cc3)c(Br)c2)C1=O)N1CCCCC1. The number of hydrogen-bond acceptors (Lipinski definition) is 5. The zero-order valence-corrected chi connectivity index (χ0v) is 20.2. The van der Waals surface area contributed by atoms with E-state index in [-0.39, 0.29) is 29.8 Å². The van der Waals surface area contributed by atoms with Gasteiger partial charge in [-0.25, -0.2) is 4.39 Å². The van der Waals surface area contributed by atoms with E-state index in [1.54, 1.807) is 41.3 Å². The molecule has 33 heavy (non-hydrogen) atoms. The number of benzene rings is 2. The summed E-state index contributed by atoms with van der Waals surface area (Å²) in [4.78, 5) is 40.6. The van der Waals surface area contributed by atoms with Crippen molar-refractivity contribution in [3.8, 4) is 5.75 Å². The van der Waals surface area contributed by atoms with Gasteiger partial charge in [0.25, 0.3) is 11.1 Å². The Morgan fingerprint density at radius 2 is 1.82 bits per heavy atom. The summed E-state index contributed by atoms with van der Waals surface area (Å²) in [6, 6.07) is 11.4. The molecule has 0 radical (unpaired) electrons. The van der Waals surface area contributed by atoms with Crippen LogP contribution in [0.1, 0.15) is 30.4 Å². The highest BCUT2D eigenvalue weighted by atomic mass is 79.9. The van der Waals surface area contributed by atoms with Crippen LogP contribution in [0.15, 0.2) is 51.8 Å². The molecule has 4 rings (SSSR count). The first-order chi connectivity index (χ1) is 15.9. The van der Waals surface area contributed by atoms with Gasteiger partial charge in [-0.05, 0) is 88.4 Å². The van der Waals surface area contributed by atoms with Crippen LogP contribution >= 0.6 is 27.7 Å². The summed E-state index contributed by atoms with van der Waals surface area (Å²) in [7, 11) is 0. The molecule has 2 aromatic carbocycles. The Morgan fingerprint density at radius 1 is 1.09 bits per heavy atom. The highest BCUT2D eigenvalue weighted by molar-refractivity contribution is 9.10. The van der Waals surface area contributed by atoms with Gasteiger partial charge in [0, 0.05) is 13.1 Å². The van der Waals surface area contributed by atoms with E-state index in [2.05, 4.69) is 15.9 Å². The third-order valence-corrected chi connectivity index (χ3v) is 6.96. The zero-order chi connectivity index (χ0) is 23.4. The lowest BCUT2D eigenvalue weighted by Gasteiger charge is -2.27. The van der Waals surface area contributed by atoms with Crippen molar-refractivity contribution in [2.75, 3.05) is 19.6 Å². The van der Waals surface area contributed by atoms with Gasteiger partial charge in [-0.1, -0.05) is 18.2 Å². The molecule has 0 saturated carbocycles. The smallest absolute Gasteiger partial charge is 0.294 e. The second kappa shape index (κ2) is 10.5. The Hall–Kier alpha value is -2.65. The summed E-state index contributed by atoms with van der Waals surface area (Å²) < 4.78 is 19.5. The predicted molar refractivity (Wildman–Crippen MR) is 128 cm³/mol. The van der Waals surface area contributed by atoms with Gasteiger partial charge < -0.3 is 9.64 Å². The molecule has 0 bridgehead atoms. The molecule has 172 valence electrons. The van der Waals surface area contributed by atoms with E-state index in [4.69, 9.17) is 4.74 Å². The first-order valence-corrected chi connectivity index (χ1v) is 12.2. The monoisotopic (exact) mass is 532 g/mol. The summed E-state index contributed by atoms with van der Waals surface area (Å²) in [5.74, 6) is -0.354. The number of halogens is 2. The highest BCUT2D eigenvalue weighted by Gasteiger charge is 2.37. The molecule has 0 unspecified atom stereocenters. The van der Waals surface area contributed by atoms with Crippen molar-refractivity contribution < 1.29 is 23.5 Å². The zero-order valence-electron chi connectivity index (χ0n) is 17.8. The van der Waals surface area contributed by atoms with E-state index < -0.39 is 11.1 Å². The van der Waals surface area contributed by atoms with Crippen LogP contribution in [0.25, 0.3) is 6.08 Å². The first kappa shape index (κ1) is 23.5. The Labute approximate surface area is 203 Å². The average Bonchev–Trinajstić information content (AvgIpc) is 3.07. The maximum absolute atomic E-state index is 13.0. The fourth-order valence-electron chi connectivity index (χ4n) is 3.63. The van der Waals surface area contributed by atoms with Crippen LogP contribution in [0.5, 0.6) is 5.75 Å². The number of amides is 3. The number of imide groups is 1. The van der Waals surface area contributed by atoms with Gasteiger partial charge in [-0.3, -0.25) is 19.3 Å². The predicted octanol–water partition coefficient (Wildman–Crippen LogP) is 5.22. The lowest BCUT2D eigenvalue weighted by atomic mass is 10.1. The molecule has 0 atom stereocenters. The molecule has 0 aliphatic carbocycles. The number of likely N-dealkylation sites (tertiary alicyclic amines) is 1. The standard InChI is InChI=1S/C24H22BrFN2O4S/c25-19-12-17(6-9-20(19)32-15-16-4-7-18(26)8-5-16)13-21-23(30)28(24(31)33-21)14-22(29)27-10-2-1-3-11-27/h4-9,12-13H,1-3,10-11,14-15H2/b21-13-. The van der Waals surface area contributed by atoms with Crippen molar-refractivity contribution in [2.45, 2.75) is 25.9 Å². The largest absolute Gasteiger partial charge is 0.488 e. The molecule has 0 spiro atoms. The Morgan fingerprint density at radius 3 is 2.52 bits per heavy atom. The summed E-state index contributed by atoms with van der Waals surface area (Å²) in [6.07, 6.45) is 4.63. The van der Waals surface area contributed by atoms with Gasteiger partial charge in [0.2, 0.25) is 5.91 Å². The number of nitrogens with zero attached hydrogens (tertiary/aromatic N) is 2. The highest BCUT2D eigenvalue weighted by Crippen LogP contribution is 2.34. The fraction of sp³-hybridized carbons (Fsp3) is 0.292. The third kappa shape index (κ3) is 5.83. The molecule has 6 nitrogen and oxygen atoms in total. The van der Waals surface area contributed by atoms with E-state index >= 15 is 0 Å². The van der Waals surface area contributed by atoms with E-state index in [9.17, 15) is 18.8 Å². The second-order valence-electron chi connectivity index (χ2n) is 7.81. The van der Waals surface area contributed by atoms with E-state index in [0.717, 1.165) is 41.5 Å².